The number of hydrogen-bond donors (Lipinski definition) is 1. The highest BCUT2D eigenvalue weighted by molar-refractivity contribution is 6.92. The highest BCUT2D eigenvalue weighted by Gasteiger charge is 1.88. The van der Waals surface area contributed by atoms with Crippen LogP contribution in [0.5, 0.6) is 11.5 Å². The van der Waals surface area contributed by atoms with E-state index in [0.717, 1.165) is 0 Å². The average Bonchev–Trinajstić information content (AvgIpc) is 1.64. The first-order chi connectivity index (χ1) is 3.79. The smallest absolute Gasteiger partial charge is 0.182 e. The molecule has 0 aliphatic rings. The summed E-state index contributed by atoms with van der Waals surface area (Å²) < 4.78 is 0. The van der Waals surface area contributed by atoms with Crippen molar-refractivity contribution in [1.82, 2.24) is 0 Å². The minimum absolute atomic E-state index is 0. The van der Waals surface area contributed by atoms with Crippen LogP contribution in [0.3, 0.4) is 0 Å². The Bertz CT molecular complexity index is 171. The third-order valence-corrected chi connectivity index (χ3v) is 0.818. The van der Waals surface area contributed by atoms with Gasteiger partial charge in [-0.25, -0.2) is 0 Å². The van der Waals surface area contributed by atoms with E-state index >= 15 is 0 Å². The summed E-state index contributed by atoms with van der Waals surface area (Å²) in [5.74, 6) is -0.137. The zero-order chi connectivity index (χ0) is 5.98. The molecule has 0 saturated heterocycles. The lowest BCUT2D eigenvalue weighted by Crippen LogP contribution is -1.60. The molecule has 1 radical (unpaired) electrons. The Hall–Kier alpha value is -0.750. The van der Waals surface area contributed by atoms with Crippen LogP contribution in [0.25, 0.3) is 0 Å². The molecule has 0 heterocycles. The lowest BCUT2D eigenvalue weighted by Gasteiger charge is -1.86. The van der Waals surface area contributed by atoms with Crippen LogP contribution in [0.2, 0.25) is 0 Å². The molecular weight excluding hydrogens is 135 g/mol. The van der Waals surface area contributed by atoms with Crippen molar-refractivity contribution < 1.29 is 10.2 Å². The second-order valence-electron chi connectivity index (χ2n) is 1.50. The van der Waals surface area contributed by atoms with Crippen LogP contribution >= 0.6 is 9.90 Å². The highest BCUT2D eigenvalue weighted by Crippen LogP contribution is 2.15. The SMILES string of the molecule is P.[O]c1cccc(O)c1. The largest absolute Gasteiger partial charge is 0.508 e. The van der Waals surface area contributed by atoms with Crippen molar-refractivity contribution >= 4 is 9.90 Å². The van der Waals surface area contributed by atoms with Crippen LogP contribution in [-0.4, -0.2) is 5.11 Å². The number of rotatable bonds is 0. The zero-order valence-corrected chi connectivity index (χ0v) is 6.29. The van der Waals surface area contributed by atoms with Gasteiger partial charge in [0, 0.05) is 6.07 Å². The van der Waals surface area contributed by atoms with Gasteiger partial charge in [-0.3, -0.25) is 5.11 Å². The Morgan fingerprint density at radius 1 is 1.33 bits per heavy atom. The molecule has 1 rings (SSSR count). The summed E-state index contributed by atoms with van der Waals surface area (Å²) in [6.45, 7) is 0. The molecule has 0 spiro atoms. The van der Waals surface area contributed by atoms with E-state index < -0.39 is 0 Å². The second-order valence-corrected chi connectivity index (χ2v) is 1.50. The Balaban J connectivity index is 0.000000640. The molecule has 49 valence electrons. The summed E-state index contributed by atoms with van der Waals surface area (Å²) in [7, 11) is 0. The summed E-state index contributed by atoms with van der Waals surface area (Å²) >= 11 is 0. The van der Waals surface area contributed by atoms with Crippen molar-refractivity contribution in [3.8, 4) is 11.5 Å². The van der Waals surface area contributed by atoms with E-state index in [2.05, 4.69) is 0 Å². The molecule has 0 amide bonds. The van der Waals surface area contributed by atoms with Crippen LogP contribution in [0.1, 0.15) is 0 Å². The summed E-state index contributed by atoms with van der Waals surface area (Å²) in [4.78, 5) is 0. The van der Waals surface area contributed by atoms with Crippen molar-refractivity contribution in [3.63, 3.8) is 0 Å². The molecule has 0 saturated carbocycles. The zero-order valence-electron chi connectivity index (χ0n) is 4.87. The van der Waals surface area contributed by atoms with Gasteiger partial charge < -0.3 is 5.11 Å². The number of phenolic OH excluding ortho intramolecular Hbond substituents is 1. The third-order valence-electron chi connectivity index (χ3n) is 0.818. The van der Waals surface area contributed by atoms with Gasteiger partial charge in [-0.05, 0) is 12.1 Å². The van der Waals surface area contributed by atoms with Crippen molar-refractivity contribution in [2.75, 3.05) is 0 Å². The van der Waals surface area contributed by atoms with E-state index in [4.69, 9.17) is 5.11 Å². The van der Waals surface area contributed by atoms with Gasteiger partial charge >= 0.3 is 0 Å². The maximum absolute atomic E-state index is 10.3. The topological polar surface area (TPSA) is 40.1 Å². The van der Waals surface area contributed by atoms with E-state index in [1.165, 1.54) is 24.3 Å². The molecule has 9 heavy (non-hydrogen) atoms. The maximum atomic E-state index is 10.3. The second kappa shape index (κ2) is 3.31. The Labute approximate surface area is 56.8 Å². The molecule has 2 nitrogen and oxygen atoms in total. The van der Waals surface area contributed by atoms with Crippen LogP contribution in [-0.2, 0) is 5.11 Å². The fourth-order valence-electron chi connectivity index (χ4n) is 0.484. The van der Waals surface area contributed by atoms with Gasteiger partial charge in [0.15, 0.2) is 5.75 Å². The molecular formula is C6H8O2P. The molecule has 0 aromatic heterocycles. The van der Waals surface area contributed by atoms with Gasteiger partial charge in [0.1, 0.15) is 5.75 Å². The molecule has 1 aromatic rings. The van der Waals surface area contributed by atoms with Gasteiger partial charge in [-0.1, -0.05) is 6.07 Å². The standard InChI is InChI=1S/C6H5O2.H3P/c7-5-2-1-3-6(8)4-5;/h1-4,7H;1H3. The molecule has 0 aliphatic carbocycles. The molecule has 1 N–H and O–H groups in total. The lowest BCUT2D eigenvalue weighted by atomic mass is 10.3. The summed E-state index contributed by atoms with van der Waals surface area (Å²) in [5.41, 5.74) is 0. The quantitative estimate of drug-likeness (QED) is 0.550. The van der Waals surface area contributed by atoms with Crippen LogP contribution in [0.4, 0.5) is 0 Å². The Morgan fingerprint density at radius 3 is 2.33 bits per heavy atom. The third kappa shape index (κ3) is 2.34. The first kappa shape index (κ1) is 8.25. The predicted molar refractivity (Wildman–Crippen MR) is 39.3 cm³/mol. The van der Waals surface area contributed by atoms with Gasteiger partial charge in [-0.15, -0.1) is 0 Å². The summed E-state index contributed by atoms with van der Waals surface area (Å²) in [6.07, 6.45) is 0. The van der Waals surface area contributed by atoms with Gasteiger partial charge in [0.25, 0.3) is 0 Å². The summed E-state index contributed by atoms with van der Waals surface area (Å²) in [6, 6.07) is 5.53. The molecule has 3 heteroatoms. The van der Waals surface area contributed by atoms with Gasteiger partial charge in [0.2, 0.25) is 0 Å². The van der Waals surface area contributed by atoms with Crippen molar-refractivity contribution in [2.24, 2.45) is 0 Å². The fraction of sp³-hybridized carbons (Fsp3) is 0. The molecule has 1 aromatic carbocycles. The van der Waals surface area contributed by atoms with Crippen LogP contribution < -0.4 is 0 Å². The van der Waals surface area contributed by atoms with E-state index in [1.54, 1.807) is 0 Å². The predicted octanol–water partition coefficient (Wildman–Crippen LogP) is 1.59. The van der Waals surface area contributed by atoms with Gasteiger partial charge in [-0.2, -0.15) is 9.90 Å². The number of phenols is 1. The number of benzene rings is 1. The first-order valence-electron chi connectivity index (χ1n) is 2.25. The van der Waals surface area contributed by atoms with Gasteiger partial charge in [0.05, 0.1) is 0 Å². The first-order valence-corrected chi connectivity index (χ1v) is 2.25. The van der Waals surface area contributed by atoms with E-state index in [9.17, 15) is 5.11 Å². The molecule has 0 fully saturated rings. The number of aromatic hydroxyl groups is 1. The van der Waals surface area contributed by atoms with E-state index in [-0.39, 0.29) is 21.4 Å². The highest BCUT2D eigenvalue weighted by atomic mass is 31.0. The van der Waals surface area contributed by atoms with Crippen LogP contribution in [0.15, 0.2) is 24.3 Å². The van der Waals surface area contributed by atoms with E-state index in [0.29, 0.717) is 0 Å². The monoisotopic (exact) mass is 143 g/mol. The maximum Gasteiger partial charge on any atom is 0.182 e. The Morgan fingerprint density at radius 2 is 2.00 bits per heavy atom. The Kier molecular flexibility index (Phi) is 3.03. The van der Waals surface area contributed by atoms with E-state index in [1.807, 2.05) is 0 Å². The summed E-state index contributed by atoms with van der Waals surface area (Å²) in [5, 5.41) is 18.9. The minimum atomic E-state index is -0.162. The number of hydrogen-bond acceptors (Lipinski definition) is 1. The van der Waals surface area contributed by atoms with Crippen molar-refractivity contribution in [3.05, 3.63) is 24.3 Å². The van der Waals surface area contributed by atoms with Crippen LogP contribution in [0, 0.1) is 0 Å². The fourth-order valence-corrected chi connectivity index (χ4v) is 0.484. The normalized spacial score (nSPS) is 8.00. The molecule has 0 bridgehead atoms. The molecule has 1 unspecified atom stereocenters. The van der Waals surface area contributed by atoms with Crippen molar-refractivity contribution in [2.45, 2.75) is 0 Å². The average molecular weight is 143 g/mol. The molecule has 1 atom stereocenters. The lowest BCUT2D eigenvalue weighted by molar-refractivity contribution is 0.351. The van der Waals surface area contributed by atoms with Crippen molar-refractivity contribution in [1.29, 1.82) is 0 Å². The molecule has 0 aliphatic heterocycles. The minimum Gasteiger partial charge on any atom is -0.508 e.